The maximum Gasteiger partial charge on any atom is 0.341 e. The third-order valence-electron chi connectivity index (χ3n) is 2.78. The predicted molar refractivity (Wildman–Crippen MR) is 67.6 cm³/mol. The van der Waals surface area contributed by atoms with E-state index in [4.69, 9.17) is 0 Å². The van der Waals surface area contributed by atoms with Gasteiger partial charge in [0.1, 0.15) is 0 Å². The van der Waals surface area contributed by atoms with Gasteiger partial charge in [-0.2, -0.15) is 8.78 Å². The lowest BCUT2D eigenvalue weighted by Gasteiger charge is -2.26. The van der Waals surface area contributed by atoms with Gasteiger partial charge in [0.25, 0.3) is 0 Å². The Morgan fingerprint density at radius 2 is 1.72 bits per heavy atom. The molecule has 0 heterocycles. The Labute approximate surface area is 106 Å². The SMILES string of the molecule is CCC(C)(C)Nc1ccc(S(=O)(=O)C(F)F)cc1. The topological polar surface area (TPSA) is 46.2 Å². The second kappa shape index (κ2) is 5.22. The van der Waals surface area contributed by atoms with Gasteiger partial charge in [0.05, 0.1) is 4.90 Å². The molecule has 0 saturated heterocycles. The molecule has 1 aromatic rings. The Balaban J connectivity index is 2.94. The standard InChI is InChI=1S/C12H17F2NO2S/c1-4-12(2,3)15-9-5-7-10(8-6-9)18(16,17)11(13)14/h5-8,11,15H,4H2,1-3H3. The molecule has 1 N–H and O–H groups in total. The monoisotopic (exact) mass is 277 g/mol. The molecular formula is C12H17F2NO2S. The highest BCUT2D eigenvalue weighted by Crippen LogP contribution is 2.22. The van der Waals surface area contributed by atoms with Crippen molar-refractivity contribution in [2.75, 3.05) is 5.32 Å². The van der Waals surface area contributed by atoms with Crippen molar-refractivity contribution < 1.29 is 17.2 Å². The van der Waals surface area contributed by atoms with Crippen LogP contribution in [0.2, 0.25) is 0 Å². The molecule has 0 saturated carbocycles. The van der Waals surface area contributed by atoms with Gasteiger partial charge in [-0.3, -0.25) is 0 Å². The van der Waals surface area contributed by atoms with Crippen molar-refractivity contribution in [3.05, 3.63) is 24.3 Å². The van der Waals surface area contributed by atoms with Crippen molar-refractivity contribution in [2.45, 2.75) is 43.4 Å². The molecule has 3 nitrogen and oxygen atoms in total. The lowest BCUT2D eigenvalue weighted by atomic mass is 10.0. The summed E-state index contributed by atoms with van der Waals surface area (Å²) in [5.74, 6) is -3.39. The Hall–Kier alpha value is -1.17. The number of sulfone groups is 1. The molecule has 6 heteroatoms. The first-order valence-electron chi connectivity index (χ1n) is 5.59. The highest BCUT2D eigenvalue weighted by molar-refractivity contribution is 7.91. The summed E-state index contributed by atoms with van der Waals surface area (Å²) in [6.45, 7) is 6.01. The van der Waals surface area contributed by atoms with Crippen LogP contribution in [0.3, 0.4) is 0 Å². The molecule has 0 amide bonds. The zero-order valence-electron chi connectivity index (χ0n) is 10.6. The van der Waals surface area contributed by atoms with Crippen LogP contribution in [0, 0.1) is 0 Å². The summed E-state index contributed by atoms with van der Waals surface area (Å²) in [6.07, 6.45) is 0.879. The molecule has 0 atom stereocenters. The van der Waals surface area contributed by atoms with Crippen LogP contribution in [0.1, 0.15) is 27.2 Å². The molecule has 0 aliphatic heterocycles. The fourth-order valence-electron chi connectivity index (χ4n) is 1.31. The Kier molecular flexibility index (Phi) is 4.32. The van der Waals surface area contributed by atoms with Gasteiger partial charge in [0, 0.05) is 11.2 Å². The minimum Gasteiger partial charge on any atom is -0.380 e. The van der Waals surface area contributed by atoms with Crippen molar-refractivity contribution in [1.29, 1.82) is 0 Å². The van der Waals surface area contributed by atoms with E-state index in [-0.39, 0.29) is 10.4 Å². The highest BCUT2D eigenvalue weighted by atomic mass is 32.2. The van der Waals surface area contributed by atoms with E-state index in [9.17, 15) is 17.2 Å². The van der Waals surface area contributed by atoms with Crippen LogP contribution in [-0.4, -0.2) is 19.7 Å². The first-order valence-corrected chi connectivity index (χ1v) is 7.14. The third kappa shape index (κ3) is 3.41. The van der Waals surface area contributed by atoms with Gasteiger partial charge in [0.15, 0.2) is 0 Å². The number of rotatable bonds is 5. The molecule has 102 valence electrons. The first kappa shape index (κ1) is 14.9. The van der Waals surface area contributed by atoms with Crippen LogP contribution in [0.5, 0.6) is 0 Å². The normalized spacial score (nSPS) is 12.8. The molecule has 0 bridgehead atoms. The fraction of sp³-hybridized carbons (Fsp3) is 0.500. The molecule has 0 spiro atoms. The van der Waals surface area contributed by atoms with Gasteiger partial charge in [0.2, 0.25) is 9.84 Å². The van der Waals surface area contributed by atoms with E-state index in [2.05, 4.69) is 5.32 Å². The van der Waals surface area contributed by atoms with Gasteiger partial charge in [-0.1, -0.05) is 6.92 Å². The van der Waals surface area contributed by atoms with Gasteiger partial charge < -0.3 is 5.32 Å². The van der Waals surface area contributed by atoms with Crippen LogP contribution in [0.15, 0.2) is 29.2 Å². The van der Waals surface area contributed by atoms with Crippen molar-refractivity contribution >= 4 is 15.5 Å². The maximum absolute atomic E-state index is 12.3. The van der Waals surface area contributed by atoms with Crippen molar-refractivity contribution in [3.8, 4) is 0 Å². The molecule has 1 rings (SSSR count). The van der Waals surface area contributed by atoms with Crippen LogP contribution in [0.4, 0.5) is 14.5 Å². The van der Waals surface area contributed by atoms with Crippen LogP contribution in [-0.2, 0) is 9.84 Å². The average molecular weight is 277 g/mol. The minimum absolute atomic E-state index is 0.136. The molecule has 0 aliphatic carbocycles. The molecular weight excluding hydrogens is 260 g/mol. The quantitative estimate of drug-likeness (QED) is 0.898. The Bertz CT molecular complexity index is 495. The number of halogens is 2. The van der Waals surface area contributed by atoms with Gasteiger partial charge >= 0.3 is 5.76 Å². The lowest BCUT2D eigenvalue weighted by Crippen LogP contribution is -2.29. The van der Waals surface area contributed by atoms with Crippen LogP contribution < -0.4 is 5.32 Å². The molecule has 1 aromatic carbocycles. The van der Waals surface area contributed by atoms with E-state index in [1.807, 2.05) is 20.8 Å². The van der Waals surface area contributed by atoms with Crippen molar-refractivity contribution in [3.63, 3.8) is 0 Å². The highest BCUT2D eigenvalue weighted by Gasteiger charge is 2.26. The fourth-order valence-corrected chi connectivity index (χ4v) is 2.03. The van der Waals surface area contributed by atoms with Crippen molar-refractivity contribution in [2.24, 2.45) is 0 Å². The number of hydrogen-bond acceptors (Lipinski definition) is 3. The molecule has 0 radical (unpaired) electrons. The number of nitrogens with one attached hydrogen (secondary N) is 1. The smallest absolute Gasteiger partial charge is 0.341 e. The summed E-state index contributed by atoms with van der Waals surface area (Å²) < 4.78 is 47.1. The molecule has 0 aromatic heterocycles. The van der Waals surface area contributed by atoms with Gasteiger partial charge in [-0.25, -0.2) is 8.42 Å². The number of anilines is 1. The van der Waals surface area contributed by atoms with E-state index >= 15 is 0 Å². The lowest BCUT2D eigenvalue weighted by molar-refractivity contribution is 0.234. The number of alkyl halides is 2. The molecule has 0 aliphatic rings. The van der Waals surface area contributed by atoms with E-state index in [1.54, 1.807) is 0 Å². The summed E-state index contributed by atoms with van der Waals surface area (Å²) >= 11 is 0. The number of benzene rings is 1. The van der Waals surface area contributed by atoms with Gasteiger partial charge in [-0.15, -0.1) is 0 Å². The van der Waals surface area contributed by atoms with E-state index in [1.165, 1.54) is 24.3 Å². The molecule has 18 heavy (non-hydrogen) atoms. The van der Waals surface area contributed by atoms with Gasteiger partial charge in [-0.05, 0) is 44.5 Å². The zero-order valence-corrected chi connectivity index (χ0v) is 11.4. The minimum atomic E-state index is -4.50. The first-order chi connectivity index (χ1) is 8.19. The van der Waals surface area contributed by atoms with E-state index < -0.39 is 15.6 Å². The van der Waals surface area contributed by atoms with Crippen molar-refractivity contribution in [1.82, 2.24) is 0 Å². The zero-order chi connectivity index (χ0) is 14.0. The van der Waals surface area contributed by atoms with E-state index in [0.29, 0.717) is 5.69 Å². The van der Waals surface area contributed by atoms with E-state index in [0.717, 1.165) is 6.42 Å². The average Bonchev–Trinajstić information content (AvgIpc) is 2.29. The second-order valence-electron chi connectivity index (χ2n) is 4.69. The molecule has 0 fully saturated rings. The maximum atomic E-state index is 12.3. The second-order valence-corrected chi connectivity index (χ2v) is 6.61. The summed E-state index contributed by atoms with van der Waals surface area (Å²) in [4.78, 5) is -0.364. The third-order valence-corrected chi connectivity index (χ3v) is 4.18. The summed E-state index contributed by atoms with van der Waals surface area (Å²) in [5.41, 5.74) is 0.568. The summed E-state index contributed by atoms with van der Waals surface area (Å²) in [5, 5.41) is 3.19. The largest absolute Gasteiger partial charge is 0.380 e. The summed E-state index contributed by atoms with van der Waals surface area (Å²) in [7, 11) is -4.50. The Morgan fingerprint density at radius 3 is 2.11 bits per heavy atom. The molecule has 0 unspecified atom stereocenters. The summed E-state index contributed by atoms with van der Waals surface area (Å²) in [6, 6.07) is 5.37. The van der Waals surface area contributed by atoms with Crippen LogP contribution in [0.25, 0.3) is 0 Å². The Morgan fingerprint density at radius 1 is 1.22 bits per heavy atom. The van der Waals surface area contributed by atoms with Crippen LogP contribution >= 0.6 is 0 Å². The number of hydrogen-bond donors (Lipinski definition) is 1. The predicted octanol–water partition coefficient (Wildman–Crippen LogP) is 3.28.